The van der Waals surface area contributed by atoms with Gasteiger partial charge in [0.1, 0.15) is 11.8 Å². The normalized spacial score (nSPS) is 11.8. The van der Waals surface area contributed by atoms with Crippen LogP contribution in [0.1, 0.15) is 22.0 Å². The van der Waals surface area contributed by atoms with Crippen molar-refractivity contribution in [3.05, 3.63) is 78.2 Å². The van der Waals surface area contributed by atoms with Gasteiger partial charge in [-0.25, -0.2) is 9.97 Å². The van der Waals surface area contributed by atoms with Crippen molar-refractivity contribution in [3.63, 3.8) is 0 Å². The Morgan fingerprint density at radius 1 is 1.03 bits per heavy atom. The lowest BCUT2D eigenvalue weighted by Gasteiger charge is -2.19. The lowest BCUT2D eigenvalue weighted by atomic mass is 9.98. The van der Waals surface area contributed by atoms with Crippen molar-refractivity contribution in [1.29, 1.82) is 0 Å². The lowest BCUT2D eigenvalue weighted by Crippen LogP contribution is -2.21. The van der Waals surface area contributed by atoms with Crippen LogP contribution in [0.15, 0.2) is 67.1 Å². The molecule has 0 radical (unpaired) electrons. The Labute approximate surface area is 167 Å². The van der Waals surface area contributed by atoms with E-state index in [1.807, 2.05) is 48.5 Å². The predicted octanol–water partition coefficient (Wildman–Crippen LogP) is 4.01. The van der Waals surface area contributed by atoms with Crippen molar-refractivity contribution >= 4 is 22.4 Å². The molecule has 0 bridgehead atoms. The Bertz CT molecular complexity index is 1140. The molecule has 0 aliphatic heterocycles. The number of aromatic amines is 1. The zero-order valence-electron chi connectivity index (χ0n) is 16.0. The Morgan fingerprint density at radius 2 is 1.83 bits per heavy atom. The van der Waals surface area contributed by atoms with Crippen LogP contribution in [0.3, 0.4) is 0 Å². The molecule has 0 spiro atoms. The number of carbonyl (C=O) groups is 1. The third-order valence-corrected chi connectivity index (χ3v) is 4.66. The number of H-pyrrole nitrogens is 1. The monoisotopic (exact) mass is 388 g/mol. The number of Topliss-reactive ketones (excluding diaryl/α,β-unsaturated/α-hetero) is 1. The van der Waals surface area contributed by atoms with Crippen LogP contribution in [0.5, 0.6) is 11.8 Å². The summed E-state index contributed by atoms with van der Waals surface area (Å²) in [4.78, 5) is 25.0. The summed E-state index contributed by atoms with van der Waals surface area (Å²) < 4.78 is 10.3. The summed E-state index contributed by atoms with van der Waals surface area (Å²) in [6.07, 6.45) is 4.92. The van der Waals surface area contributed by atoms with Crippen LogP contribution in [-0.4, -0.2) is 35.0 Å². The molecule has 1 unspecified atom stereocenters. The van der Waals surface area contributed by atoms with Crippen LogP contribution < -0.4 is 14.8 Å². The molecule has 0 saturated heterocycles. The van der Waals surface area contributed by atoms with Gasteiger partial charge in [0.05, 0.1) is 14.2 Å². The van der Waals surface area contributed by atoms with Gasteiger partial charge in [0.2, 0.25) is 0 Å². The molecular formula is C22H20N4O3. The molecule has 146 valence electrons. The molecule has 4 rings (SSSR count). The van der Waals surface area contributed by atoms with E-state index in [9.17, 15) is 4.79 Å². The number of fused-ring (bicyclic) bond motifs is 1. The molecule has 2 heterocycles. The maximum Gasteiger partial charge on any atom is 0.316 e. The minimum absolute atomic E-state index is 0.0981. The number of methoxy groups -OCH3 is 2. The van der Waals surface area contributed by atoms with Gasteiger partial charge in [-0.15, -0.1) is 0 Å². The lowest BCUT2D eigenvalue weighted by molar-refractivity contribution is 0.0970. The SMILES string of the molecule is COc1cccc(NC(C(=O)c2c[nH]c3ccccc23)c2cnc(OC)nc2)c1. The van der Waals surface area contributed by atoms with E-state index in [1.54, 1.807) is 25.7 Å². The van der Waals surface area contributed by atoms with Crippen molar-refractivity contribution in [2.24, 2.45) is 0 Å². The summed E-state index contributed by atoms with van der Waals surface area (Å²) in [5, 5.41) is 4.16. The summed E-state index contributed by atoms with van der Waals surface area (Å²) in [6, 6.07) is 14.7. The topological polar surface area (TPSA) is 89.1 Å². The number of nitrogens with one attached hydrogen (secondary N) is 2. The number of carbonyl (C=O) groups excluding carboxylic acids is 1. The minimum Gasteiger partial charge on any atom is -0.497 e. The maximum atomic E-state index is 13.5. The Balaban J connectivity index is 1.75. The number of nitrogens with zero attached hydrogens (tertiary/aromatic N) is 2. The molecule has 29 heavy (non-hydrogen) atoms. The molecule has 2 aromatic carbocycles. The van der Waals surface area contributed by atoms with Crippen molar-refractivity contribution in [3.8, 4) is 11.8 Å². The van der Waals surface area contributed by atoms with E-state index in [0.29, 0.717) is 16.9 Å². The molecular weight excluding hydrogens is 368 g/mol. The highest BCUT2D eigenvalue weighted by atomic mass is 16.5. The highest BCUT2D eigenvalue weighted by molar-refractivity contribution is 6.11. The first kappa shape index (κ1) is 18.5. The van der Waals surface area contributed by atoms with E-state index in [-0.39, 0.29) is 11.8 Å². The van der Waals surface area contributed by atoms with Gasteiger partial charge in [-0.1, -0.05) is 24.3 Å². The van der Waals surface area contributed by atoms with Crippen molar-refractivity contribution in [2.75, 3.05) is 19.5 Å². The fraction of sp³-hybridized carbons (Fsp3) is 0.136. The summed E-state index contributed by atoms with van der Waals surface area (Å²) in [5.74, 6) is 0.596. The molecule has 7 heteroatoms. The van der Waals surface area contributed by atoms with Gasteiger partial charge in [-0.2, -0.15) is 0 Å². The zero-order valence-corrected chi connectivity index (χ0v) is 16.0. The number of aromatic nitrogens is 3. The van der Waals surface area contributed by atoms with Crippen LogP contribution in [0.4, 0.5) is 5.69 Å². The number of hydrogen-bond donors (Lipinski definition) is 2. The second-order valence-corrected chi connectivity index (χ2v) is 6.42. The van der Waals surface area contributed by atoms with Crippen molar-refractivity contribution < 1.29 is 14.3 Å². The fourth-order valence-electron chi connectivity index (χ4n) is 3.19. The van der Waals surface area contributed by atoms with E-state index < -0.39 is 6.04 Å². The van der Waals surface area contributed by atoms with Gasteiger partial charge in [-0.05, 0) is 18.2 Å². The summed E-state index contributed by atoms with van der Waals surface area (Å²) in [6.45, 7) is 0. The van der Waals surface area contributed by atoms with Gasteiger partial charge < -0.3 is 19.8 Å². The Hall–Kier alpha value is -3.87. The quantitative estimate of drug-likeness (QED) is 0.465. The highest BCUT2D eigenvalue weighted by Gasteiger charge is 2.25. The molecule has 0 amide bonds. The Kier molecular flexibility index (Phi) is 5.11. The molecule has 7 nitrogen and oxygen atoms in total. The maximum absolute atomic E-state index is 13.5. The van der Waals surface area contributed by atoms with Crippen LogP contribution >= 0.6 is 0 Å². The number of hydrogen-bond acceptors (Lipinski definition) is 6. The van der Waals surface area contributed by atoms with Gasteiger partial charge in [0.15, 0.2) is 5.78 Å². The van der Waals surface area contributed by atoms with Gasteiger partial charge >= 0.3 is 6.01 Å². The molecule has 2 N–H and O–H groups in total. The van der Waals surface area contributed by atoms with Crippen LogP contribution in [0.2, 0.25) is 0 Å². The van der Waals surface area contributed by atoms with E-state index in [4.69, 9.17) is 9.47 Å². The highest BCUT2D eigenvalue weighted by Crippen LogP contribution is 2.28. The number of para-hydroxylation sites is 1. The number of anilines is 1. The fourth-order valence-corrected chi connectivity index (χ4v) is 3.19. The second-order valence-electron chi connectivity index (χ2n) is 6.42. The molecule has 0 aliphatic carbocycles. The third-order valence-electron chi connectivity index (χ3n) is 4.66. The molecule has 2 aromatic heterocycles. The van der Waals surface area contributed by atoms with E-state index in [2.05, 4.69) is 20.3 Å². The largest absolute Gasteiger partial charge is 0.497 e. The number of benzene rings is 2. The first-order valence-corrected chi connectivity index (χ1v) is 9.06. The van der Waals surface area contributed by atoms with E-state index in [0.717, 1.165) is 16.6 Å². The average molecular weight is 388 g/mol. The number of rotatable bonds is 7. The van der Waals surface area contributed by atoms with Crippen molar-refractivity contribution in [1.82, 2.24) is 15.0 Å². The first-order valence-electron chi connectivity index (χ1n) is 9.06. The molecule has 4 aromatic rings. The second kappa shape index (κ2) is 8.02. The van der Waals surface area contributed by atoms with E-state index in [1.165, 1.54) is 7.11 Å². The molecule has 1 atom stereocenters. The van der Waals surface area contributed by atoms with Crippen LogP contribution in [0, 0.1) is 0 Å². The first-order chi connectivity index (χ1) is 14.2. The molecule has 0 aliphatic rings. The predicted molar refractivity (Wildman–Crippen MR) is 111 cm³/mol. The third kappa shape index (κ3) is 3.75. The molecule has 0 saturated carbocycles. The average Bonchev–Trinajstić information content (AvgIpc) is 3.21. The van der Waals surface area contributed by atoms with Crippen molar-refractivity contribution in [2.45, 2.75) is 6.04 Å². The van der Waals surface area contributed by atoms with Crippen LogP contribution in [0.25, 0.3) is 10.9 Å². The minimum atomic E-state index is -0.688. The van der Waals surface area contributed by atoms with E-state index >= 15 is 0 Å². The zero-order chi connectivity index (χ0) is 20.2. The van der Waals surface area contributed by atoms with Gasteiger partial charge in [-0.3, -0.25) is 4.79 Å². The standard InChI is InChI=1S/C22H20N4O3/c1-28-16-7-5-6-15(10-16)26-20(14-11-24-22(29-2)25-12-14)21(27)18-13-23-19-9-4-3-8-17(18)19/h3-13,20,23,26H,1-2H3. The van der Waals surface area contributed by atoms with Gasteiger partial charge in [0.25, 0.3) is 0 Å². The smallest absolute Gasteiger partial charge is 0.316 e. The molecule has 0 fully saturated rings. The summed E-state index contributed by atoms with van der Waals surface area (Å²) in [5.41, 5.74) is 2.88. The number of ether oxygens (including phenoxy) is 2. The van der Waals surface area contributed by atoms with Gasteiger partial charge in [0, 0.05) is 52.4 Å². The summed E-state index contributed by atoms with van der Waals surface area (Å²) in [7, 11) is 3.10. The van der Waals surface area contributed by atoms with Crippen LogP contribution in [-0.2, 0) is 0 Å². The Morgan fingerprint density at radius 3 is 2.59 bits per heavy atom. The summed E-state index contributed by atoms with van der Waals surface area (Å²) >= 11 is 0. The number of ketones is 1.